The number of rotatable bonds is 5. The van der Waals surface area contributed by atoms with E-state index in [0.717, 1.165) is 25.7 Å². The van der Waals surface area contributed by atoms with Crippen molar-refractivity contribution in [3.05, 3.63) is 74.8 Å². The number of hydrogen-bond donors (Lipinski definition) is 0. The number of aryl methyl sites for hydroxylation is 1. The number of nitrogens with zero attached hydrogens (tertiary/aromatic N) is 3. The van der Waals surface area contributed by atoms with Gasteiger partial charge in [0.15, 0.2) is 0 Å². The molecule has 2 aromatic rings. The van der Waals surface area contributed by atoms with Crippen molar-refractivity contribution in [2.75, 3.05) is 26.2 Å². The third kappa shape index (κ3) is 4.88. The van der Waals surface area contributed by atoms with Gasteiger partial charge >= 0.3 is 6.18 Å². The third-order valence-corrected chi connectivity index (χ3v) is 5.12. The summed E-state index contributed by atoms with van der Waals surface area (Å²) in [5, 5.41) is 11.2. The molecule has 1 aliphatic heterocycles. The Morgan fingerprint density at radius 3 is 2.07 bits per heavy atom. The second-order valence-electron chi connectivity index (χ2n) is 7.08. The lowest BCUT2D eigenvalue weighted by atomic mass is 10.1. The summed E-state index contributed by atoms with van der Waals surface area (Å²) in [7, 11) is 0. The minimum absolute atomic E-state index is 0.270. The molecule has 0 radical (unpaired) electrons. The molecule has 0 saturated carbocycles. The van der Waals surface area contributed by atoms with Crippen LogP contribution in [0.25, 0.3) is 0 Å². The number of nitro benzene ring substituents is 1. The largest absolute Gasteiger partial charge is 0.416 e. The number of benzene rings is 2. The van der Waals surface area contributed by atoms with Crippen LogP contribution >= 0.6 is 0 Å². The van der Waals surface area contributed by atoms with Crippen LogP contribution in [0.5, 0.6) is 0 Å². The van der Waals surface area contributed by atoms with Gasteiger partial charge in [-0.3, -0.25) is 19.9 Å². The van der Waals surface area contributed by atoms with Crippen LogP contribution in [-0.2, 0) is 19.3 Å². The summed E-state index contributed by atoms with van der Waals surface area (Å²) < 4.78 is 38.5. The molecule has 5 nitrogen and oxygen atoms in total. The molecule has 0 atom stereocenters. The van der Waals surface area contributed by atoms with Crippen LogP contribution in [0.1, 0.15) is 22.3 Å². The highest BCUT2D eigenvalue weighted by Crippen LogP contribution is 2.33. The molecule has 0 N–H and O–H groups in total. The Balaban J connectivity index is 1.63. The maximum atomic E-state index is 12.8. The van der Waals surface area contributed by atoms with E-state index in [1.54, 1.807) is 0 Å². The Labute approximate surface area is 161 Å². The molecule has 8 heteroatoms. The lowest BCUT2D eigenvalue weighted by Gasteiger charge is -2.35. The highest BCUT2D eigenvalue weighted by Gasteiger charge is 2.33. The van der Waals surface area contributed by atoms with Gasteiger partial charge < -0.3 is 0 Å². The number of piperazine rings is 1. The van der Waals surface area contributed by atoms with Gasteiger partial charge in [-0.15, -0.1) is 0 Å². The highest BCUT2D eigenvalue weighted by molar-refractivity contribution is 5.44. The standard InChI is InChI=1S/C20H22F3N3O2/c1-15-4-2-3-5-16(15)13-24-8-10-25(11-9-24)14-17-6-7-18(20(21,22)23)12-19(17)26(27)28/h2-7,12H,8-11,13-14H2,1H3. The van der Waals surface area contributed by atoms with Crippen molar-refractivity contribution in [1.29, 1.82) is 0 Å². The van der Waals surface area contributed by atoms with E-state index < -0.39 is 22.4 Å². The van der Waals surface area contributed by atoms with Gasteiger partial charge in [-0.05, 0) is 24.1 Å². The fourth-order valence-corrected chi connectivity index (χ4v) is 3.42. The second-order valence-corrected chi connectivity index (χ2v) is 7.08. The number of alkyl halides is 3. The fourth-order valence-electron chi connectivity index (χ4n) is 3.42. The van der Waals surface area contributed by atoms with Gasteiger partial charge in [-0.25, -0.2) is 0 Å². The lowest BCUT2D eigenvalue weighted by molar-refractivity contribution is -0.386. The maximum Gasteiger partial charge on any atom is 0.416 e. The molecular formula is C20H22F3N3O2. The molecule has 0 spiro atoms. The normalized spacial score (nSPS) is 16.3. The predicted molar refractivity (Wildman–Crippen MR) is 99.8 cm³/mol. The van der Waals surface area contributed by atoms with Crippen molar-refractivity contribution in [1.82, 2.24) is 9.80 Å². The van der Waals surface area contributed by atoms with Gasteiger partial charge in [-0.1, -0.05) is 30.3 Å². The van der Waals surface area contributed by atoms with Crippen molar-refractivity contribution in [3.63, 3.8) is 0 Å². The summed E-state index contributed by atoms with van der Waals surface area (Å²) >= 11 is 0. The fraction of sp³-hybridized carbons (Fsp3) is 0.400. The molecule has 0 aromatic heterocycles. The molecule has 1 aliphatic rings. The summed E-state index contributed by atoms with van der Waals surface area (Å²) in [6, 6.07) is 11.0. The molecule has 2 aromatic carbocycles. The SMILES string of the molecule is Cc1ccccc1CN1CCN(Cc2ccc(C(F)(F)F)cc2[N+](=O)[O-])CC1. The summed E-state index contributed by atoms with van der Waals surface area (Å²) in [6.07, 6.45) is -4.59. The minimum Gasteiger partial charge on any atom is -0.297 e. The van der Waals surface area contributed by atoms with Crippen LogP contribution in [0.3, 0.4) is 0 Å². The molecule has 1 fully saturated rings. The molecule has 28 heavy (non-hydrogen) atoms. The van der Waals surface area contributed by atoms with Gasteiger partial charge in [0.1, 0.15) is 0 Å². The first-order chi connectivity index (χ1) is 13.2. The third-order valence-electron chi connectivity index (χ3n) is 5.12. The number of nitro groups is 1. The van der Waals surface area contributed by atoms with Crippen molar-refractivity contribution >= 4 is 5.69 Å². The quantitative estimate of drug-likeness (QED) is 0.563. The van der Waals surface area contributed by atoms with Crippen LogP contribution in [0.15, 0.2) is 42.5 Å². The first kappa shape index (κ1) is 20.3. The van der Waals surface area contributed by atoms with Gasteiger partial charge in [0.2, 0.25) is 0 Å². The van der Waals surface area contributed by atoms with E-state index in [1.807, 2.05) is 17.0 Å². The molecule has 3 rings (SSSR count). The van der Waals surface area contributed by atoms with Crippen molar-refractivity contribution < 1.29 is 18.1 Å². The van der Waals surface area contributed by atoms with E-state index >= 15 is 0 Å². The smallest absolute Gasteiger partial charge is 0.297 e. The van der Waals surface area contributed by atoms with Crippen molar-refractivity contribution in [2.45, 2.75) is 26.2 Å². The zero-order chi connectivity index (χ0) is 20.3. The minimum atomic E-state index is -4.59. The number of hydrogen-bond acceptors (Lipinski definition) is 4. The summed E-state index contributed by atoms with van der Waals surface area (Å²) in [6.45, 7) is 6.24. The molecule has 0 unspecified atom stereocenters. The van der Waals surface area contributed by atoms with E-state index in [9.17, 15) is 23.3 Å². The maximum absolute atomic E-state index is 12.8. The van der Waals surface area contributed by atoms with Crippen molar-refractivity contribution in [2.24, 2.45) is 0 Å². The second kappa shape index (κ2) is 8.28. The van der Waals surface area contributed by atoms with Crippen LogP contribution in [0.4, 0.5) is 18.9 Å². The highest BCUT2D eigenvalue weighted by atomic mass is 19.4. The Hall–Kier alpha value is -2.45. The Morgan fingerprint density at radius 1 is 0.964 bits per heavy atom. The first-order valence-corrected chi connectivity index (χ1v) is 9.08. The average Bonchev–Trinajstić information content (AvgIpc) is 2.64. The van der Waals surface area contributed by atoms with Gasteiger partial charge in [0.05, 0.1) is 10.5 Å². The zero-order valence-corrected chi connectivity index (χ0v) is 15.6. The van der Waals surface area contributed by atoms with Crippen LogP contribution in [0, 0.1) is 17.0 Å². The summed E-state index contributed by atoms with van der Waals surface area (Å²) in [4.78, 5) is 14.9. The summed E-state index contributed by atoms with van der Waals surface area (Å²) in [5.41, 5.74) is 1.35. The lowest BCUT2D eigenvalue weighted by Crippen LogP contribution is -2.45. The van der Waals surface area contributed by atoms with E-state index in [1.165, 1.54) is 17.2 Å². The van der Waals surface area contributed by atoms with E-state index in [0.29, 0.717) is 24.7 Å². The zero-order valence-electron chi connectivity index (χ0n) is 15.6. The Kier molecular flexibility index (Phi) is 6.00. The van der Waals surface area contributed by atoms with Crippen LogP contribution in [0.2, 0.25) is 0 Å². The summed E-state index contributed by atoms with van der Waals surface area (Å²) in [5.74, 6) is 0. The molecule has 1 saturated heterocycles. The average molecular weight is 393 g/mol. The van der Waals surface area contributed by atoms with Gasteiger partial charge in [0, 0.05) is 50.9 Å². The molecule has 0 aliphatic carbocycles. The van der Waals surface area contributed by atoms with Crippen LogP contribution in [-0.4, -0.2) is 40.9 Å². The molecule has 0 amide bonds. The molecular weight excluding hydrogens is 371 g/mol. The van der Waals surface area contributed by atoms with E-state index in [-0.39, 0.29) is 6.54 Å². The first-order valence-electron chi connectivity index (χ1n) is 9.08. The van der Waals surface area contributed by atoms with Gasteiger partial charge in [-0.2, -0.15) is 13.2 Å². The predicted octanol–water partition coefficient (Wildman–Crippen LogP) is 4.24. The van der Waals surface area contributed by atoms with E-state index in [2.05, 4.69) is 24.0 Å². The van der Waals surface area contributed by atoms with Crippen LogP contribution < -0.4 is 0 Å². The Morgan fingerprint density at radius 2 is 1.54 bits per heavy atom. The number of halogens is 3. The monoisotopic (exact) mass is 393 g/mol. The topological polar surface area (TPSA) is 49.6 Å². The molecule has 150 valence electrons. The Bertz CT molecular complexity index is 847. The van der Waals surface area contributed by atoms with Crippen molar-refractivity contribution in [3.8, 4) is 0 Å². The van der Waals surface area contributed by atoms with Gasteiger partial charge in [0.25, 0.3) is 5.69 Å². The molecule has 1 heterocycles. The van der Waals surface area contributed by atoms with E-state index in [4.69, 9.17) is 0 Å². The molecule has 0 bridgehead atoms.